The molecule has 1 saturated heterocycles. The van der Waals surface area contributed by atoms with Gasteiger partial charge in [0.25, 0.3) is 0 Å². The van der Waals surface area contributed by atoms with Gasteiger partial charge >= 0.3 is 0 Å². The molecule has 0 aromatic carbocycles. The van der Waals surface area contributed by atoms with E-state index < -0.39 is 0 Å². The molecular formula is C5H8INO. The van der Waals surface area contributed by atoms with E-state index in [4.69, 9.17) is 0 Å². The van der Waals surface area contributed by atoms with Crippen molar-refractivity contribution < 1.29 is 4.79 Å². The summed E-state index contributed by atoms with van der Waals surface area (Å²) in [6.07, 6.45) is 1.03. The Morgan fingerprint density at radius 1 is 1.75 bits per heavy atom. The fourth-order valence-corrected chi connectivity index (χ4v) is 1.38. The highest BCUT2D eigenvalue weighted by atomic mass is 127. The van der Waals surface area contributed by atoms with Crippen LogP contribution in [0.2, 0.25) is 0 Å². The Bertz CT molecular complexity index is 98.6. The molecule has 3 heteroatoms. The fourth-order valence-electron chi connectivity index (χ4n) is 0.848. The number of nitrogens with one attached hydrogen (secondary N) is 1. The van der Waals surface area contributed by atoms with E-state index in [0.717, 1.165) is 19.5 Å². The van der Waals surface area contributed by atoms with Gasteiger partial charge in [0.05, 0.1) is 0 Å². The summed E-state index contributed by atoms with van der Waals surface area (Å²) in [7, 11) is 0. The number of halogens is 1. The molecule has 46 valence electrons. The molecule has 1 fully saturated rings. The average molecular weight is 225 g/mol. The van der Waals surface area contributed by atoms with Crippen molar-refractivity contribution in [2.75, 3.05) is 13.1 Å². The molecule has 1 heterocycles. The second kappa shape index (κ2) is 2.77. The van der Waals surface area contributed by atoms with Crippen molar-refractivity contribution in [1.82, 2.24) is 5.32 Å². The summed E-state index contributed by atoms with van der Waals surface area (Å²) >= 11 is 1.87. The Labute approximate surface area is 62.2 Å². The van der Waals surface area contributed by atoms with Crippen molar-refractivity contribution in [3.05, 3.63) is 0 Å². The predicted molar refractivity (Wildman–Crippen MR) is 40.0 cm³/mol. The zero-order chi connectivity index (χ0) is 5.98. The minimum absolute atomic E-state index is 0.299. The van der Waals surface area contributed by atoms with Crippen LogP contribution in [-0.2, 0) is 4.79 Å². The van der Waals surface area contributed by atoms with Crippen LogP contribution >= 0.6 is 22.6 Å². The first-order chi connectivity index (χ1) is 3.80. The number of hydrogen-bond acceptors (Lipinski definition) is 2. The van der Waals surface area contributed by atoms with Gasteiger partial charge in [0, 0.05) is 12.5 Å². The van der Waals surface area contributed by atoms with Crippen molar-refractivity contribution in [3.63, 3.8) is 0 Å². The van der Waals surface area contributed by atoms with Gasteiger partial charge in [-0.05, 0) is 35.6 Å². The third kappa shape index (κ3) is 1.42. The van der Waals surface area contributed by atoms with Crippen LogP contribution in [0.25, 0.3) is 0 Å². The van der Waals surface area contributed by atoms with Crippen LogP contribution in [0.3, 0.4) is 0 Å². The predicted octanol–water partition coefficient (Wildman–Crippen LogP) is 0.557. The molecule has 2 nitrogen and oxygen atoms in total. The van der Waals surface area contributed by atoms with Crippen molar-refractivity contribution >= 4 is 26.4 Å². The van der Waals surface area contributed by atoms with Gasteiger partial charge in [-0.25, -0.2) is 0 Å². The smallest absolute Gasteiger partial charge is 0.196 e. The Morgan fingerprint density at radius 2 is 2.50 bits per heavy atom. The van der Waals surface area contributed by atoms with Gasteiger partial charge in [0.2, 0.25) is 0 Å². The van der Waals surface area contributed by atoms with Gasteiger partial charge in [-0.15, -0.1) is 0 Å². The van der Waals surface area contributed by atoms with E-state index in [-0.39, 0.29) is 0 Å². The van der Waals surface area contributed by atoms with E-state index >= 15 is 0 Å². The number of hydrogen-bond donors (Lipinski definition) is 1. The van der Waals surface area contributed by atoms with Crippen LogP contribution in [-0.4, -0.2) is 16.9 Å². The third-order valence-corrected chi connectivity index (χ3v) is 2.26. The summed E-state index contributed by atoms with van der Waals surface area (Å²) in [6, 6.07) is 0. The van der Waals surface area contributed by atoms with Gasteiger partial charge in [0.15, 0.2) is 3.79 Å². The molecule has 0 aliphatic carbocycles. The molecule has 8 heavy (non-hydrogen) atoms. The number of carbonyl (C=O) groups is 1. The molecule has 1 aliphatic rings. The largest absolute Gasteiger partial charge is 0.316 e. The van der Waals surface area contributed by atoms with Crippen LogP contribution in [0.15, 0.2) is 0 Å². The highest BCUT2D eigenvalue weighted by Crippen LogP contribution is 2.11. The van der Waals surface area contributed by atoms with Crippen molar-refractivity contribution in [2.45, 2.75) is 6.42 Å². The lowest BCUT2D eigenvalue weighted by atomic mass is 10.1. The maximum absolute atomic E-state index is 10.6. The maximum Gasteiger partial charge on any atom is 0.196 e. The summed E-state index contributed by atoms with van der Waals surface area (Å²) in [5.74, 6) is 0.301. The minimum Gasteiger partial charge on any atom is -0.316 e. The Kier molecular flexibility index (Phi) is 2.25. The molecule has 1 rings (SSSR count). The van der Waals surface area contributed by atoms with Gasteiger partial charge in [-0.3, -0.25) is 4.79 Å². The highest BCUT2D eigenvalue weighted by Gasteiger charge is 2.19. The van der Waals surface area contributed by atoms with Crippen molar-refractivity contribution in [2.24, 2.45) is 5.92 Å². The Hall–Kier alpha value is 0.360. The second-order valence-electron chi connectivity index (χ2n) is 1.99. The minimum atomic E-state index is 0.299. The third-order valence-electron chi connectivity index (χ3n) is 1.38. The van der Waals surface area contributed by atoms with E-state index in [9.17, 15) is 4.79 Å². The zero-order valence-electron chi connectivity index (χ0n) is 4.48. The first-order valence-electron chi connectivity index (χ1n) is 2.71. The summed E-state index contributed by atoms with van der Waals surface area (Å²) < 4.78 is 0.299. The monoisotopic (exact) mass is 225 g/mol. The van der Waals surface area contributed by atoms with Crippen LogP contribution in [0, 0.1) is 5.92 Å². The van der Waals surface area contributed by atoms with Crippen molar-refractivity contribution in [1.29, 1.82) is 0 Å². The number of rotatable bonds is 1. The Morgan fingerprint density at radius 3 is 2.75 bits per heavy atom. The lowest BCUT2D eigenvalue weighted by molar-refractivity contribution is -0.112. The summed E-state index contributed by atoms with van der Waals surface area (Å²) in [6.45, 7) is 1.90. The lowest BCUT2D eigenvalue weighted by Gasteiger charge is -1.96. The normalized spacial score (nSPS) is 28.4. The average Bonchev–Trinajstić information content (AvgIpc) is 2.12. The van der Waals surface area contributed by atoms with Gasteiger partial charge < -0.3 is 5.32 Å². The quantitative estimate of drug-likeness (QED) is 0.521. The van der Waals surface area contributed by atoms with Gasteiger partial charge in [0.1, 0.15) is 0 Å². The molecular weight excluding hydrogens is 217 g/mol. The van der Waals surface area contributed by atoms with Crippen LogP contribution in [0.5, 0.6) is 0 Å². The van der Waals surface area contributed by atoms with Crippen LogP contribution in [0.4, 0.5) is 0 Å². The standard InChI is InChI=1S/C5H8INO/c6-5(8)4-1-2-7-3-4/h4,7H,1-3H2/t4-/m1/s1. The van der Waals surface area contributed by atoms with Gasteiger partial charge in [-0.1, -0.05) is 0 Å². The molecule has 0 unspecified atom stereocenters. The summed E-state index contributed by atoms with van der Waals surface area (Å²) in [4.78, 5) is 10.6. The van der Waals surface area contributed by atoms with Gasteiger partial charge in [-0.2, -0.15) is 0 Å². The molecule has 0 saturated carbocycles. The molecule has 0 radical (unpaired) electrons. The molecule has 1 N–H and O–H groups in total. The summed E-state index contributed by atoms with van der Waals surface area (Å²) in [5.41, 5.74) is 0. The molecule has 0 aromatic heterocycles. The lowest BCUT2D eigenvalue weighted by Crippen LogP contribution is -2.12. The molecule has 1 atom stereocenters. The van der Waals surface area contributed by atoms with E-state index in [0.29, 0.717) is 9.71 Å². The highest BCUT2D eigenvalue weighted by molar-refractivity contribution is 14.1. The fraction of sp³-hybridized carbons (Fsp3) is 0.800. The molecule has 1 aliphatic heterocycles. The zero-order valence-corrected chi connectivity index (χ0v) is 6.64. The van der Waals surface area contributed by atoms with Crippen LogP contribution in [0.1, 0.15) is 6.42 Å². The Balaban J connectivity index is 2.35. The molecule has 0 spiro atoms. The summed E-state index contributed by atoms with van der Waals surface area (Å²) in [5, 5.41) is 3.13. The first kappa shape index (κ1) is 6.48. The van der Waals surface area contributed by atoms with E-state index in [2.05, 4.69) is 5.32 Å². The SMILES string of the molecule is O=C(I)[C@@H]1CCNC1. The second-order valence-corrected chi connectivity index (χ2v) is 3.06. The molecule has 0 aromatic rings. The van der Waals surface area contributed by atoms with E-state index in [1.54, 1.807) is 0 Å². The van der Waals surface area contributed by atoms with E-state index in [1.807, 2.05) is 22.6 Å². The first-order valence-corrected chi connectivity index (χ1v) is 3.78. The van der Waals surface area contributed by atoms with E-state index in [1.165, 1.54) is 0 Å². The van der Waals surface area contributed by atoms with Crippen molar-refractivity contribution in [3.8, 4) is 0 Å². The molecule has 0 amide bonds. The van der Waals surface area contributed by atoms with Crippen LogP contribution < -0.4 is 5.32 Å². The molecule has 0 bridgehead atoms. The maximum atomic E-state index is 10.6. The topological polar surface area (TPSA) is 29.1 Å². The number of carbonyl (C=O) groups excluding carboxylic acids is 1.